The molecule has 1 heterocycles. The van der Waals surface area contributed by atoms with Crippen LogP contribution in [-0.2, 0) is 5.41 Å². The van der Waals surface area contributed by atoms with Gasteiger partial charge in [-0.05, 0) is 85.0 Å². The van der Waals surface area contributed by atoms with Gasteiger partial charge in [0.15, 0.2) is 0 Å². The number of thiophene rings is 1. The second kappa shape index (κ2) is 10.4. The van der Waals surface area contributed by atoms with Crippen LogP contribution in [0.25, 0.3) is 10.1 Å². The summed E-state index contributed by atoms with van der Waals surface area (Å²) >= 11 is 7.75. The van der Waals surface area contributed by atoms with Gasteiger partial charge in [-0.2, -0.15) is 0 Å². The van der Waals surface area contributed by atoms with Crippen molar-refractivity contribution in [2.75, 3.05) is 11.1 Å². The summed E-state index contributed by atoms with van der Waals surface area (Å²) in [5.74, 6) is -0.463. The number of carbonyl (C=O) groups is 1. The van der Waals surface area contributed by atoms with E-state index in [1.54, 1.807) is 56.3 Å². The van der Waals surface area contributed by atoms with Gasteiger partial charge in [-0.15, -0.1) is 24.5 Å². The molecule has 0 aliphatic rings. The number of anilines is 2. The van der Waals surface area contributed by atoms with Crippen molar-refractivity contribution in [2.24, 2.45) is 0 Å². The van der Waals surface area contributed by atoms with Crippen LogP contribution in [0.4, 0.5) is 24.5 Å². The van der Waals surface area contributed by atoms with Crippen LogP contribution in [0.2, 0.25) is 5.02 Å². The van der Waals surface area contributed by atoms with Crippen molar-refractivity contribution in [1.82, 2.24) is 0 Å². The number of alkyl halides is 3. The Morgan fingerprint density at radius 1 is 0.974 bits per heavy atom. The van der Waals surface area contributed by atoms with E-state index in [1.807, 2.05) is 19.9 Å². The van der Waals surface area contributed by atoms with Crippen molar-refractivity contribution >= 4 is 50.3 Å². The molecule has 0 fully saturated rings. The van der Waals surface area contributed by atoms with E-state index in [1.165, 1.54) is 23.5 Å². The molecule has 0 spiro atoms. The van der Waals surface area contributed by atoms with Crippen molar-refractivity contribution in [3.63, 3.8) is 0 Å². The molecule has 0 saturated heterocycles. The molecule has 0 saturated carbocycles. The summed E-state index contributed by atoms with van der Waals surface area (Å²) in [6, 6.07) is 16.5. The number of carbonyl (C=O) groups excluding carboxylic acids is 1. The van der Waals surface area contributed by atoms with Crippen LogP contribution < -0.4 is 20.5 Å². The Labute approximate surface area is 227 Å². The summed E-state index contributed by atoms with van der Waals surface area (Å²) in [6.07, 6.45) is -5.12. The average molecular weight is 563 g/mol. The number of hydrogen-bond donors (Lipinski definition) is 2. The first-order valence-corrected chi connectivity index (χ1v) is 12.9. The van der Waals surface area contributed by atoms with Crippen LogP contribution in [0, 0.1) is 0 Å². The topological polar surface area (TPSA) is 73.6 Å². The zero-order valence-corrected chi connectivity index (χ0v) is 22.6. The molecule has 10 heteroatoms. The van der Waals surface area contributed by atoms with Gasteiger partial charge in [0, 0.05) is 32.6 Å². The van der Waals surface area contributed by atoms with Gasteiger partial charge in [-0.25, -0.2) is 0 Å². The van der Waals surface area contributed by atoms with Crippen molar-refractivity contribution in [3.8, 4) is 11.5 Å². The van der Waals surface area contributed by atoms with E-state index in [0.29, 0.717) is 32.4 Å². The van der Waals surface area contributed by atoms with Crippen molar-refractivity contribution in [3.05, 3.63) is 81.7 Å². The fraction of sp³-hybridized carbons (Fsp3) is 0.250. The molecule has 0 atom stereocenters. The minimum Gasteiger partial charge on any atom is -0.491 e. The molecule has 0 aliphatic carbocycles. The van der Waals surface area contributed by atoms with Crippen LogP contribution in [0.15, 0.2) is 60.7 Å². The fourth-order valence-electron chi connectivity index (χ4n) is 4.02. The Balaban J connectivity index is 1.67. The first kappa shape index (κ1) is 27.6. The number of nitrogens with two attached hydrogens (primary N) is 1. The highest BCUT2D eigenvalue weighted by Crippen LogP contribution is 2.39. The summed E-state index contributed by atoms with van der Waals surface area (Å²) in [6.45, 7) is 7.23. The van der Waals surface area contributed by atoms with Crippen LogP contribution >= 0.6 is 22.9 Å². The third kappa shape index (κ3) is 6.52. The number of hydrogen-bond acceptors (Lipinski definition) is 5. The minimum atomic E-state index is -4.86. The number of amides is 1. The van der Waals surface area contributed by atoms with E-state index in [9.17, 15) is 18.0 Å². The maximum atomic E-state index is 13.0. The van der Waals surface area contributed by atoms with Crippen molar-refractivity contribution in [1.29, 1.82) is 0 Å². The molecule has 0 radical (unpaired) electrons. The van der Waals surface area contributed by atoms with E-state index >= 15 is 0 Å². The SMILES string of the molecule is CC(C)Oc1cc(OC(F)(F)F)cc(C(C)(C)c2cc(Cl)cc(NC(=O)c3cc4cc(N)ccc4s3)c2)c1. The van der Waals surface area contributed by atoms with E-state index in [-0.39, 0.29) is 23.5 Å². The quantitative estimate of drug-likeness (QED) is 0.222. The number of nitrogens with one attached hydrogen (secondary N) is 1. The third-order valence-electron chi connectivity index (χ3n) is 5.85. The maximum Gasteiger partial charge on any atom is 0.573 e. The van der Waals surface area contributed by atoms with E-state index in [2.05, 4.69) is 10.1 Å². The van der Waals surface area contributed by atoms with Gasteiger partial charge in [0.25, 0.3) is 5.91 Å². The Kier molecular flexibility index (Phi) is 7.54. The fourth-order valence-corrected chi connectivity index (χ4v) is 5.19. The molecule has 4 aromatic rings. The highest BCUT2D eigenvalue weighted by Gasteiger charge is 2.33. The first-order valence-electron chi connectivity index (χ1n) is 11.7. The Bertz CT molecular complexity index is 1500. The molecule has 3 N–H and O–H groups in total. The van der Waals surface area contributed by atoms with Gasteiger partial charge in [0.05, 0.1) is 11.0 Å². The molecule has 0 unspecified atom stereocenters. The summed E-state index contributed by atoms with van der Waals surface area (Å²) in [7, 11) is 0. The summed E-state index contributed by atoms with van der Waals surface area (Å²) in [4.78, 5) is 13.5. The highest BCUT2D eigenvalue weighted by molar-refractivity contribution is 7.20. The maximum absolute atomic E-state index is 13.0. The number of nitrogen functional groups attached to an aromatic ring is 1. The predicted octanol–water partition coefficient (Wildman–Crippen LogP) is 8.40. The Morgan fingerprint density at radius 2 is 1.66 bits per heavy atom. The number of fused-ring (bicyclic) bond motifs is 1. The molecule has 1 amide bonds. The minimum absolute atomic E-state index is 0.241. The lowest BCUT2D eigenvalue weighted by atomic mass is 9.78. The van der Waals surface area contributed by atoms with Crippen LogP contribution in [0.1, 0.15) is 48.5 Å². The predicted molar refractivity (Wildman–Crippen MR) is 147 cm³/mol. The van der Waals surface area contributed by atoms with Gasteiger partial charge >= 0.3 is 6.36 Å². The molecular weight excluding hydrogens is 537 g/mol. The standard InChI is InChI=1S/C28H26ClF3N2O3S/c1-15(2)36-22-11-18(12-23(14-22)37-28(30,31)32)27(3,4)17-9-19(29)13-21(10-17)34-26(35)25-8-16-7-20(33)5-6-24(16)38-25/h5-15H,33H2,1-4H3,(H,34,35). The lowest BCUT2D eigenvalue weighted by molar-refractivity contribution is -0.274. The molecule has 4 rings (SSSR count). The normalized spacial score (nSPS) is 12.1. The number of halogens is 4. The first-order chi connectivity index (χ1) is 17.7. The zero-order chi connectivity index (χ0) is 27.8. The number of benzene rings is 3. The molecule has 1 aromatic heterocycles. The molecule has 3 aromatic carbocycles. The van der Waals surface area contributed by atoms with Crippen LogP contribution in [-0.4, -0.2) is 18.4 Å². The summed E-state index contributed by atoms with van der Waals surface area (Å²) < 4.78 is 49.9. The van der Waals surface area contributed by atoms with Crippen molar-refractivity contribution < 1.29 is 27.4 Å². The Hall–Kier alpha value is -3.43. The summed E-state index contributed by atoms with van der Waals surface area (Å²) in [5.41, 5.74) is 7.25. The smallest absolute Gasteiger partial charge is 0.491 e. The van der Waals surface area contributed by atoms with E-state index in [4.69, 9.17) is 22.1 Å². The molecule has 0 bridgehead atoms. The molecule has 200 valence electrons. The Morgan fingerprint density at radius 3 is 2.34 bits per heavy atom. The van der Waals surface area contributed by atoms with Crippen molar-refractivity contribution in [2.45, 2.75) is 45.6 Å². The zero-order valence-electron chi connectivity index (χ0n) is 21.1. The van der Waals surface area contributed by atoms with E-state index < -0.39 is 11.8 Å². The number of ether oxygens (including phenoxy) is 2. The highest BCUT2D eigenvalue weighted by atomic mass is 35.5. The van der Waals surface area contributed by atoms with Crippen LogP contribution in [0.5, 0.6) is 11.5 Å². The van der Waals surface area contributed by atoms with Gasteiger partial charge in [0.2, 0.25) is 0 Å². The second-order valence-corrected chi connectivity index (χ2v) is 11.1. The van der Waals surface area contributed by atoms with Gasteiger partial charge in [-0.1, -0.05) is 25.4 Å². The summed E-state index contributed by atoms with van der Waals surface area (Å²) in [5, 5.41) is 4.10. The largest absolute Gasteiger partial charge is 0.573 e. The van der Waals surface area contributed by atoms with Gasteiger partial charge in [-0.3, -0.25) is 4.79 Å². The number of rotatable bonds is 7. The molecular formula is C28H26ClF3N2O3S. The average Bonchev–Trinajstić information content (AvgIpc) is 3.20. The third-order valence-corrected chi connectivity index (χ3v) is 7.18. The lowest BCUT2D eigenvalue weighted by Crippen LogP contribution is -2.22. The van der Waals surface area contributed by atoms with E-state index in [0.717, 1.165) is 10.1 Å². The van der Waals surface area contributed by atoms with Crippen LogP contribution in [0.3, 0.4) is 0 Å². The second-order valence-electron chi connectivity index (χ2n) is 9.62. The molecule has 38 heavy (non-hydrogen) atoms. The lowest BCUT2D eigenvalue weighted by Gasteiger charge is -2.28. The molecule has 5 nitrogen and oxygen atoms in total. The van der Waals surface area contributed by atoms with Gasteiger partial charge < -0.3 is 20.5 Å². The monoisotopic (exact) mass is 562 g/mol. The van der Waals surface area contributed by atoms with Gasteiger partial charge in [0.1, 0.15) is 11.5 Å². The molecule has 0 aliphatic heterocycles.